The Hall–Kier alpha value is -0.450. The van der Waals surface area contributed by atoms with Crippen LogP contribution < -0.4 is 0 Å². The van der Waals surface area contributed by atoms with Gasteiger partial charge in [-0.1, -0.05) is 54.4 Å². The van der Waals surface area contributed by atoms with Crippen molar-refractivity contribution in [1.29, 1.82) is 0 Å². The van der Waals surface area contributed by atoms with E-state index in [1.807, 2.05) is 6.08 Å². The SMILES string of the molecule is CC1C=C[C@@]2(C)C(=CC(=O)C3C2CC[C@@]2(C)C3CC(Br)C23OCCO3)C1. The van der Waals surface area contributed by atoms with Crippen LogP contribution in [0.25, 0.3) is 0 Å². The molecule has 0 aromatic heterocycles. The lowest BCUT2D eigenvalue weighted by Gasteiger charge is -2.56. The Balaban J connectivity index is 1.58. The minimum atomic E-state index is -0.551. The van der Waals surface area contributed by atoms with Gasteiger partial charge in [-0.15, -0.1) is 0 Å². The Morgan fingerprint density at radius 3 is 2.65 bits per heavy atom. The zero-order chi connectivity index (χ0) is 18.3. The highest BCUT2D eigenvalue weighted by Gasteiger charge is 2.70. The number of alkyl halides is 1. The van der Waals surface area contributed by atoms with Gasteiger partial charge in [0.25, 0.3) is 0 Å². The van der Waals surface area contributed by atoms with Crippen molar-refractivity contribution in [3.8, 4) is 0 Å². The van der Waals surface area contributed by atoms with E-state index in [4.69, 9.17) is 9.47 Å². The van der Waals surface area contributed by atoms with E-state index >= 15 is 0 Å². The second kappa shape index (κ2) is 5.55. The minimum Gasteiger partial charge on any atom is -0.346 e. The molecule has 5 aliphatic rings. The fraction of sp³-hybridized carbons (Fsp3) is 0.773. The van der Waals surface area contributed by atoms with Crippen molar-refractivity contribution in [2.75, 3.05) is 13.2 Å². The maximum Gasteiger partial charge on any atom is 0.186 e. The monoisotopic (exact) mass is 420 g/mol. The maximum atomic E-state index is 13.3. The molecule has 4 aliphatic carbocycles. The molecule has 0 radical (unpaired) electrons. The van der Waals surface area contributed by atoms with Crippen LogP contribution in [0.5, 0.6) is 0 Å². The number of rotatable bonds is 0. The Kier molecular flexibility index (Phi) is 3.76. The van der Waals surface area contributed by atoms with E-state index in [0.717, 1.165) is 25.7 Å². The molecule has 1 aliphatic heterocycles. The quantitative estimate of drug-likeness (QED) is 0.422. The molecule has 142 valence electrons. The van der Waals surface area contributed by atoms with E-state index in [2.05, 4.69) is 48.9 Å². The maximum absolute atomic E-state index is 13.3. The van der Waals surface area contributed by atoms with Crippen molar-refractivity contribution < 1.29 is 14.3 Å². The summed E-state index contributed by atoms with van der Waals surface area (Å²) in [6, 6.07) is 0. The van der Waals surface area contributed by atoms with Crippen molar-refractivity contribution >= 4 is 21.7 Å². The number of carbonyl (C=O) groups excluding carboxylic acids is 1. The first kappa shape index (κ1) is 17.6. The van der Waals surface area contributed by atoms with E-state index in [9.17, 15) is 4.79 Å². The summed E-state index contributed by atoms with van der Waals surface area (Å²) in [4.78, 5) is 13.5. The molecule has 2 saturated carbocycles. The smallest absolute Gasteiger partial charge is 0.186 e. The van der Waals surface area contributed by atoms with Crippen LogP contribution in [0, 0.1) is 34.5 Å². The molecule has 0 amide bonds. The third-order valence-electron chi connectivity index (χ3n) is 8.47. The molecule has 5 rings (SSSR count). The van der Waals surface area contributed by atoms with E-state index in [0.29, 0.717) is 36.8 Å². The summed E-state index contributed by atoms with van der Waals surface area (Å²) < 4.78 is 12.5. The second-order valence-electron chi connectivity index (χ2n) is 9.66. The molecule has 5 unspecified atom stereocenters. The van der Waals surface area contributed by atoms with E-state index in [-0.39, 0.29) is 21.6 Å². The lowest BCUT2D eigenvalue weighted by atomic mass is 9.48. The predicted octanol–water partition coefficient (Wildman–Crippen LogP) is 4.66. The van der Waals surface area contributed by atoms with Crippen LogP contribution in [0.2, 0.25) is 0 Å². The van der Waals surface area contributed by atoms with Crippen LogP contribution in [0.15, 0.2) is 23.8 Å². The zero-order valence-electron chi connectivity index (χ0n) is 16.0. The van der Waals surface area contributed by atoms with Crippen molar-refractivity contribution in [2.24, 2.45) is 34.5 Å². The number of allylic oxidation sites excluding steroid dienone is 4. The van der Waals surface area contributed by atoms with Crippen LogP contribution in [-0.2, 0) is 14.3 Å². The standard InChI is InChI=1S/C22H29BrO3/c1-13-4-6-20(2)14(10-13)11-17(24)19-15(20)5-7-21(3)16(19)12-18(23)22(21)25-8-9-26-22/h4,6,11,13,15-16,18-19H,5,7-10,12H2,1-3H3/t13?,15?,16?,18?,19?,20-,21-/m0/s1. The summed E-state index contributed by atoms with van der Waals surface area (Å²) in [5.74, 6) is 1.16. The van der Waals surface area contributed by atoms with Gasteiger partial charge in [-0.2, -0.15) is 0 Å². The minimum absolute atomic E-state index is 0.0430. The number of carbonyl (C=O) groups is 1. The number of hydrogen-bond donors (Lipinski definition) is 0. The molecular formula is C22H29BrO3. The zero-order valence-corrected chi connectivity index (χ0v) is 17.6. The van der Waals surface area contributed by atoms with Crippen molar-refractivity contribution in [2.45, 2.75) is 57.1 Å². The van der Waals surface area contributed by atoms with Gasteiger partial charge in [0.05, 0.1) is 18.0 Å². The predicted molar refractivity (Wildman–Crippen MR) is 104 cm³/mol. The first-order valence-corrected chi connectivity index (χ1v) is 11.1. The molecule has 0 aromatic rings. The molecule has 0 N–H and O–H groups in total. The fourth-order valence-corrected chi connectivity index (χ4v) is 8.22. The van der Waals surface area contributed by atoms with Crippen LogP contribution in [0.3, 0.4) is 0 Å². The molecule has 3 nitrogen and oxygen atoms in total. The van der Waals surface area contributed by atoms with Crippen molar-refractivity contribution in [3.05, 3.63) is 23.8 Å². The van der Waals surface area contributed by atoms with Gasteiger partial charge in [-0.25, -0.2) is 0 Å². The lowest BCUT2D eigenvalue weighted by molar-refractivity contribution is -0.236. The molecule has 1 spiro atoms. The van der Waals surface area contributed by atoms with Crippen molar-refractivity contribution in [3.63, 3.8) is 0 Å². The van der Waals surface area contributed by atoms with Gasteiger partial charge in [0.15, 0.2) is 11.6 Å². The first-order chi connectivity index (χ1) is 12.3. The summed E-state index contributed by atoms with van der Waals surface area (Å²) >= 11 is 3.88. The molecule has 4 heteroatoms. The normalized spacial score (nSPS) is 51.8. The molecule has 3 fully saturated rings. The van der Waals surface area contributed by atoms with E-state index < -0.39 is 5.79 Å². The van der Waals surface area contributed by atoms with Gasteiger partial charge < -0.3 is 9.47 Å². The molecule has 7 atom stereocenters. The Morgan fingerprint density at radius 2 is 1.92 bits per heavy atom. The second-order valence-corrected chi connectivity index (χ2v) is 10.8. The van der Waals surface area contributed by atoms with Crippen LogP contribution in [0.4, 0.5) is 0 Å². The topological polar surface area (TPSA) is 35.5 Å². The summed E-state index contributed by atoms with van der Waals surface area (Å²) in [7, 11) is 0. The van der Waals surface area contributed by atoms with E-state index in [1.54, 1.807) is 0 Å². The third-order valence-corrected chi connectivity index (χ3v) is 9.44. The Morgan fingerprint density at radius 1 is 1.19 bits per heavy atom. The summed E-state index contributed by atoms with van der Waals surface area (Å²) in [6.07, 6.45) is 10.9. The van der Waals surface area contributed by atoms with Crippen molar-refractivity contribution in [1.82, 2.24) is 0 Å². The van der Waals surface area contributed by atoms with Crippen LogP contribution in [0.1, 0.15) is 46.5 Å². The van der Waals surface area contributed by atoms with Gasteiger partial charge >= 0.3 is 0 Å². The first-order valence-electron chi connectivity index (χ1n) is 10.2. The fourth-order valence-electron chi connectivity index (χ4n) is 7.03. The van der Waals surface area contributed by atoms with Gasteiger partial charge in [0, 0.05) is 16.7 Å². The highest BCUT2D eigenvalue weighted by molar-refractivity contribution is 9.09. The lowest BCUT2D eigenvalue weighted by Crippen LogP contribution is -2.57. The Labute approximate surface area is 164 Å². The molecule has 0 bridgehead atoms. The van der Waals surface area contributed by atoms with Crippen LogP contribution >= 0.6 is 15.9 Å². The van der Waals surface area contributed by atoms with Gasteiger partial charge in [-0.3, -0.25) is 4.79 Å². The third kappa shape index (κ3) is 1.99. The van der Waals surface area contributed by atoms with Gasteiger partial charge in [0.2, 0.25) is 0 Å². The van der Waals surface area contributed by atoms with Crippen LogP contribution in [-0.4, -0.2) is 29.6 Å². The summed E-state index contributed by atoms with van der Waals surface area (Å²) in [6.45, 7) is 8.25. The molecule has 1 saturated heterocycles. The number of halogens is 1. The molecule has 26 heavy (non-hydrogen) atoms. The molecule has 0 aromatic carbocycles. The number of fused-ring (bicyclic) bond motifs is 6. The number of ether oxygens (including phenoxy) is 2. The highest BCUT2D eigenvalue weighted by Crippen LogP contribution is 2.68. The average Bonchev–Trinajstić information content (AvgIpc) is 3.17. The Bertz CT molecular complexity index is 706. The van der Waals surface area contributed by atoms with Gasteiger partial charge in [0.1, 0.15) is 0 Å². The van der Waals surface area contributed by atoms with E-state index in [1.165, 1.54) is 5.57 Å². The number of ketones is 1. The average molecular weight is 421 g/mol. The number of hydrogen-bond acceptors (Lipinski definition) is 3. The highest BCUT2D eigenvalue weighted by atomic mass is 79.9. The molecular weight excluding hydrogens is 392 g/mol. The summed E-state index contributed by atoms with van der Waals surface area (Å²) in [5, 5.41) is 0. The summed E-state index contributed by atoms with van der Waals surface area (Å²) in [5.41, 5.74) is 1.31. The largest absolute Gasteiger partial charge is 0.346 e. The molecule has 1 heterocycles. The van der Waals surface area contributed by atoms with Gasteiger partial charge in [-0.05, 0) is 49.5 Å².